The molecule has 3 N–H and O–H groups in total. The van der Waals surface area contributed by atoms with Crippen molar-refractivity contribution in [2.75, 3.05) is 5.73 Å². The number of nitrogens with two attached hydrogens (primary N) is 1. The van der Waals surface area contributed by atoms with Crippen molar-refractivity contribution in [3.05, 3.63) is 24.0 Å². The van der Waals surface area contributed by atoms with E-state index in [2.05, 4.69) is 4.72 Å². The largest absolute Gasteiger partial charge is 0.396 e. The van der Waals surface area contributed by atoms with Gasteiger partial charge in [-0.25, -0.2) is 17.5 Å². The van der Waals surface area contributed by atoms with Crippen molar-refractivity contribution in [3.8, 4) is 0 Å². The van der Waals surface area contributed by atoms with Gasteiger partial charge in [0.1, 0.15) is 5.82 Å². The molecule has 0 aliphatic heterocycles. The van der Waals surface area contributed by atoms with Crippen LogP contribution in [0.5, 0.6) is 0 Å². The van der Waals surface area contributed by atoms with E-state index in [0.29, 0.717) is 0 Å². The van der Waals surface area contributed by atoms with Crippen LogP contribution in [0.2, 0.25) is 0 Å². The number of nitrogen functional groups attached to an aromatic ring is 1. The molecule has 6 heteroatoms. The van der Waals surface area contributed by atoms with Crippen molar-refractivity contribution in [2.24, 2.45) is 5.92 Å². The van der Waals surface area contributed by atoms with E-state index >= 15 is 0 Å². The van der Waals surface area contributed by atoms with Crippen LogP contribution in [0, 0.1) is 11.7 Å². The predicted octanol–water partition coefficient (Wildman–Crippen LogP) is 2.12. The minimum atomic E-state index is -3.70. The zero-order valence-corrected chi connectivity index (χ0v) is 11.6. The Morgan fingerprint density at radius 3 is 2.50 bits per heavy atom. The van der Waals surface area contributed by atoms with Crippen LogP contribution >= 0.6 is 0 Å². The Hall–Kier alpha value is -1.14. The minimum absolute atomic E-state index is 0.0658. The van der Waals surface area contributed by atoms with Crippen LogP contribution in [0.15, 0.2) is 23.1 Å². The second kappa shape index (κ2) is 5.67. The summed E-state index contributed by atoms with van der Waals surface area (Å²) in [5.74, 6) is -0.521. The quantitative estimate of drug-likeness (QED) is 0.808. The first kappa shape index (κ1) is 14.9. The van der Waals surface area contributed by atoms with Gasteiger partial charge in [-0.2, -0.15) is 0 Å². The third kappa shape index (κ3) is 3.43. The molecule has 0 saturated heterocycles. The topological polar surface area (TPSA) is 72.2 Å². The van der Waals surface area contributed by atoms with Gasteiger partial charge in [-0.05, 0) is 31.0 Å². The van der Waals surface area contributed by atoms with E-state index in [0.717, 1.165) is 12.5 Å². The van der Waals surface area contributed by atoms with E-state index in [1.165, 1.54) is 12.1 Å². The number of rotatable bonds is 5. The average Bonchev–Trinajstić information content (AvgIpc) is 2.30. The molecule has 1 rings (SSSR count). The van der Waals surface area contributed by atoms with Crippen LogP contribution in [0.1, 0.15) is 27.2 Å². The molecule has 18 heavy (non-hydrogen) atoms. The third-order valence-corrected chi connectivity index (χ3v) is 4.68. The van der Waals surface area contributed by atoms with Crippen LogP contribution in [0.25, 0.3) is 0 Å². The fraction of sp³-hybridized carbons (Fsp3) is 0.500. The number of hydrogen-bond donors (Lipinski definition) is 2. The van der Waals surface area contributed by atoms with Crippen molar-refractivity contribution in [3.63, 3.8) is 0 Å². The summed E-state index contributed by atoms with van der Waals surface area (Å²) < 4.78 is 39.8. The molecule has 0 heterocycles. The Labute approximate surface area is 107 Å². The molecular formula is C12H19FN2O2S. The summed E-state index contributed by atoms with van der Waals surface area (Å²) in [6.45, 7) is 5.73. The summed E-state index contributed by atoms with van der Waals surface area (Å²) in [4.78, 5) is -0.107. The van der Waals surface area contributed by atoms with Gasteiger partial charge in [0.2, 0.25) is 10.0 Å². The van der Waals surface area contributed by atoms with Gasteiger partial charge < -0.3 is 5.73 Å². The van der Waals surface area contributed by atoms with Gasteiger partial charge in [0.15, 0.2) is 0 Å². The SMILES string of the molecule is CCC(C)C(C)NS(=O)(=O)c1ccc(N)c(F)c1. The number of halogens is 1. The van der Waals surface area contributed by atoms with Crippen LogP contribution in [0.3, 0.4) is 0 Å². The van der Waals surface area contributed by atoms with Crippen molar-refractivity contribution in [1.29, 1.82) is 0 Å². The van der Waals surface area contributed by atoms with Crippen LogP contribution in [0.4, 0.5) is 10.1 Å². The molecule has 0 spiro atoms. The Morgan fingerprint density at radius 1 is 1.39 bits per heavy atom. The molecule has 2 unspecified atom stereocenters. The highest BCUT2D eigenvalue weighted by atomic mass is 32.2. The number of anilines is 1. The summed E-state index contributed by atoms with van der Waals surface area (Å²) in [6, 6.07) is 3.27. The molecule has 2 atom stereocenters. The molecule has 0 aromatic heterocycles. The summed E-state index contributed by atoms with van der Waals surface area (Å²) in [5, 5.41) is 0. The van der Waals surface area contributed by atoms with E-state index in [1.54, 1.807) is 6.92 Å². The van der Waals surface area contributed by atoms with Crippen molar-refractivity contribution in [2.45, 2.75) is 38.1 Å². The standard InChI is InChI=1S/C12H19FN2O2S/c1-4-8(2)9(3)15-18(16,17)10-5-6-12(14)11(13)7-10/h5-9,15H,4,14H2,1-3H3. The second-order valence-electron chi connectivity index (χ2n) is 4.48. The fourth-order valence-corrected chi connectivity index (χ4v) is 2.82. The molecule has 0 aliphatic rings. The van der Waals surface area contributed by atoms with Crippen LogP contribution in [-0.2, 0) is 10.0 Å². The average molecular weight is 274 g/mol. The maximum Gasteiger partial charge on any atom is 0.240 e. The first-order chi connectivity index (χ1) is 8.27. The van der Waals surface area contributed by atoms with Gasteiger partial charge in [0, 0.05) is 6.04 Å². The Morgan fingerprint density at radius 2 is 2.00 bits per heavy atom. The summed E-state index contributed by atoms with van der Waals surface area (Å²) in [6.07, 6.45) is 0.861. The summed E-state index contributed by atoms with van der Waals surface area (Å²) >= 11 is 0. The zero-order chi connectivity index (χ0) is 13.9. The van der Waals surface area contributed by atoms with Gasteiger partial charge in [0.25, 0.3) is 0 Å². The summed E-state index contributed by atoms with van der Waals surface area (Å²) in [7, 11) is -3.70. The number of benzene rings is 1. The number of hydrogen-bond acceptors (Lipinski definition) is 3. The molecular weight excluding hydrogens is 255 g/mol. The van der Waals surface area contributed by atoms with Crippen LogP contribution in [-0.4, -0.2) is 14.5 Å². The Bertz CT molecular complexity index is 517. The van der Waals surface area contributed by atoms with Gasteiger partial charge in [0.05, 0.1) is 10.6 Å². The van der Waals surface area contributed by atoms with E-state index in [4.69, 9.17) is 5.73 Å². The first-order valence-electron chi connectivity index (χ1n) is 5.85. The maximum absolute atomic E-state index is 13.3. The monoisotopic (exact) mass is 274 g/mol. The highest BCUT2D eigenvalue weighted by Gasteiger charge is 2.21. The van der Waals surface area contributed by atoms with Gasteiger partial charge in [-0.15, -0.1) is 0 Å². The van der Waals surface area contributed by atoms with E-state index in [-0.39, 0.29) is 22.5 Å². The highest BCUT2D eigenvalue weighted by Crippen LogP contribution is 2.17. The molecule has 4 nitrogen and oxygen atoms in total. The van der Waals surface area contributed by atoms with Crippen molar-refractivity contribution in [1.82, 2.24) is 4.72 Å². The Balaban J connectivity index is 2.96. The molecule has 0 fully saturated rings. The lowest BCUT2D eigenvalue weighted by Gasteiger charge is -2.19. The smallest absolute Gasteiger partial charge is 0.240 e. The molecule has 0 aliphatic carbocycles. The zero-order valence-electron chi connectivity index (χ0n) is 10.8. The maximum atomic E-state index is 13.3. The lowest BCUT2D eigenvalue weighted by molar-refractivity contribution is 0.434. The van der Waals surface area contributed by atoms with E-state index in [1.807, 2.05) is 13.8 Å². The van der Waals surface area contributed by atoms with Gasteiger partial charge in [-0.1, -0.05) is 20.3 Å². The van der Waals surface area contributed by atoms with E-state index in [9.17, 15) is 12.8 Å². The van der Waals surface area contributed by atoms with Crippen molar-refractivity contribution < 1.29 is 12.8 Å². The third-order valence-electron chi connectivity index (χ3n) is 3.12. The molecule has 0 bridgehead atoms. The van der Waals surface area contributed by atoms with Gasteiger partial charge >= 0.3 is 0 Å². The Kier molecular flexibility index (Phi) is 4.70. The van der Waals surface area contributed by atoms with Gasteiger partial charge in [-0.3, -0.25) is 0 Å². The van der Waals surface area contributed by atoms with Crippen LogP contribution < -0.4 is 10.5 Å². The first-order valence-corrected chi connectivity index (χ1v) is 7.33. The lowest BCUT2D eigenvalue weighted by Crippen LogP contribution is -2.36. The molecule has 0 saturated carbocycles. The molecule has 1 aromatic rings. The minimum Gasteiger partial charge on any atom is -0.396 e. The normalized spacial score (nSPS) is 15.3. The second-order valence-corrected chi connectivity index (χ2v) is 6.19. The van der Waals surface area contributed by atoms with E-state index < -0.39 is 15.8 Å². The molecule has 0 radical (unpaired) electrons. The molecule has 102 valence electrons. The fourth-order valence-electron chi connectivity index (χ4n) is 1.46. The molecule has 1 aromatic carbocycles. The van der Waals surface area contributed by atoms with Crippen molar-refractivity contribution >= 4 is 15.7 Å². The lowest BCUT2D eigenvalue weighted by atomic mass is 10.0. The number of nitrogens with one attached hydrogen (secondary N) is 1. The highest BCUT2D eigenvalue weighted by molar-refractivity contribution is 7.89. The predicted molar refractivity (Wildman–Crippen MR) is 70.1 cm³/mol. The molecule has 0 amide bonds. The summed E-state index contributed by atoms with van der Waals surface area (Å²) in [5.41, 5.74) is 5.25. The number of sulfonamides is 1.